The van der Waals surface area contributed by atoms with Gasteiger partial charge in [-0.05, 0) is 27.2 Å². The van der Waals surface area contributed by atoms with E-state index >= 15 is 0 Å². The first-order valence-corrected chi connectivity index (χ1v) is 6.87. The number of urea groups is 1. The SMILES string of the molecule is Cc1nc(NC(=O)N2CCC(C)(C(=O)O)C2)sc1C. The van der Waals surface area contributed by atoms with Gasteiger partial charge in [0.25, 0.3) is 0 Å². The largest absolute Gasteiger partial charge is 0.481 e. The van der Waals surface area contributed by atoms with Gasteiger partial charge < -0.3 is 10.0 Å². The number of anilines is 1. The Bertz CT molecular complexity index is 509. The van der Waals surface area contributed by atoms with Crippen molar-refractivity contribution in [2.45, 2.75) is 27.2 Å². The number of carbonyl (C=O) groups is 2. The average Bonchev–Trinajstić information content (AvgIpc) is 2.85. The fourth-order valence-corrected chi connectivity index (χ4v) is 2.81. The van der Waals surface area contributed by atoms with Crippen molar-refractivity contribution in [2.75, 3.05) is 18.4 Å². The van der Waals surface area contributed by atoms with Crippen molar-refractivity contribution in [1.82, 2.24) is 9.88 Å². The summed E-state index contributed by atoms with van der Waals surface area (Å²) in [6.45, 7) is 6.19. The quantitative estimate of drug-likeness (QED) is 0.870. The molecule has 6 nitrogen and oxygen atoms in total. The molecule has 1 aliphatic rings. The Labute approximate surface area is 115 Å². The van der Waals surface area contributed by atoms with Crippen LogP contribution in [0.5, 0.6) is 0 Å². The van der Waals surface area contributed by atoms with Gasteiger partial charge in [-0.1, -0.05) is 0 Å². The van der Waals surface area contributed by atoms with Crippen LogP contribution in [-0.4, -0.2) is 40.1 Å². The summed E-state index contributed by atoms with van der Waals surface area (Å²) >= 11 is 1.42. The number of aryl methyl sites for hydroxylation is 2. The van der Waals surface area contributed by atoms with Crippen molar-refractivity contribution in [1.29, 1.82) is 0 Å². The molecule has 2 amide bonds. The minimum absolute atomic E-state index is 0.234. The van der Waals surface area contributed by atoms with Gasteiger partial charge in [-0.15, -0.1) is 11.3 Å². The van der Waals surface area contributed by atoms with E-state index in [1.807, 2.05) is 13.8 Å². The number of nitrogens with zero attached hydrogens (tertiary/aromatic N) is 2. The zero-order chi connectivity index (χ0) is 14.2. The summed E-state index contributed by atoms with van der Waals surface area (Å²) in [5, 5.41) is 12.4. The first kappa shape index (κ1) is 13.8. The van der Waals surface area contributed by atoms with Crippen molar-refractivity contribution >= 4 is 28.5 Å². The number of hydrogen-bond donors (Lipinski definition) is 2. The van der Waals surface area contributed by atoms with Crippen LogP contribution >= 0.6 is 11.3 Å². The predicted molar refractivity (Wildman–Crippen MR) is 72.5 cm³/mol. The molecule has 1 aromatic heterocycles. The molecule has 0 spiro atoms. The number of aromatic nitrogens is 1. The van der Waals surface area contributed by atoms with E-state index < -0.39 is 11.4 Å². The number of rotatable bonds is 2. The van der Waals surface area contributed by atoms with E-state index in [4.69, 9.17) is 5.11 Å². The predicted octanol–water partition coefficient (Wildman–Crippen LogP) is 2.09. The van der Waals surface area contributed by atoms with Gasteiger partial charge in [-0.25, -0.2) is 9.78 Å². The highest BCUT2D eigenvalue weighted by molar-refractivity contribution is 7.15. The summed E-state index contributed by atoms with van der Waals surface area (Å²) in [5.74, 6) is -0.858. The zero-order valence-corrected chi connectivity index (χ0v) is 12.0. The van der Waals surface area contributed by atoms with Gasteiger partial charge in [0.15, 0.2) is 5.13 Å². The van der Waals surface area contributed by atoms with Gasteiger partial charge in [0.1, 0.15) is 0 Å². The third-order valence-electron chi connectivity index (χ3n) is 3.52. The average molecular weight is 283 g/mol. The third-order valence-corrected chi connectivity index (χ3v) is 4.51. The smallest absolute Gasteiger partial charge is 0.323 e. The van der Waals surface area contributed by atoms with E-state index in [1.54, 1.807) is 6.92 Å². The van der Waals surface area contributed by atoms with E-state index in [2.05, 4.69) is 10.3 Å². The number of carboxylic acid groups (broad SMARTS) is 1. The molecule has 19 heavy (non-hydrogen) atoms. The Morgan fingerprint density at radius 1 is 1.47 bits per heavy atom. The van der Waals surface area contributed by atoms with Crippen LogP contribution in [0, 0.1) is 19.3 Å². The monoisotopic (exact) mass is 283 g/mol. The summed E-state index contributed by atoms with van der Waals surface area (Å²) in [5.41, 5.74) is 0.0589. The molecule has 2 rings (SSSR count). The lowest BCUT2D eigenvalue weighted by Gasteiger charge is -2.19. The number of hydrogen-bond acceptors (Lipinski definition) is 4. The lowest BCUT2D eigenvalue weighted by atomic mass is 9.90. The lowest BCUT2D eigenvalue weighted by Crippen LogP contribution is -2.37. The molecule has 0 saturated carbocycles. The van der Waals surface area contributed by atoms with Gasteiger partial charge in [0.05, 0.1) is 11.1 Å². The molecule has 2 N–H and O–H groups in total. The Balaban J connectivity index is 2.00. The van der Waals surface area contributed by atoms with Crippen LogP contribution in [-0.2, 0) is 4.79 Å². The normalized spacial score (nSPS) is 22.6. The molecule has 0 bridgehead atoms. The first-order chi connectivity index (χ1) is 8.82. The molecule has 1 aliphatic heterocycles. The highest BCUT2D eigenvalue weighted by atomic mass is 32.1. The first-order valence-electron chi connectivity index (χ1n) is 6.05. The fraction of sp³-hybridized carbons (Fsp3) is 0.583. The van der Waals surface area contributed by atoms with Crippen LogP contribution in [0.4, 0.5) is 9.93 Å². The van der Waals surface area contributed by atoms with Crippen molar-refractivity contribution in [2.24, 2.45) is 5.41 Å². The fourth-order valence-electron chi connectivity index (χ4n) is 2.01. The van der Waals surface area contributed by atoms with Crippen molar-refractivity contribution in [3.8, 4) is 0 Å². The number of amides is 2. The Kier molecular flexibility index (Phi) is 3.49. The molecule has 1 unspecified atom stereocenters. The molecule has 1 saturated heterocycles. The molecule has 104 valence electrons. The Hall–Kier alpha value is -1.63. The number of nitrogens with one attached hydrogen (secondary N) is 1. The maximum atomic E-state index is 12.0. The van der Waals surface area contributed by atoms with Crippen molar-refractivity contribution in [3.63, 3.8) is 0 Å². The van der Waals surface area contributed by atoms with Gasteiger partial charge in [0, 0.05) is 18.0 Å². The van der Waals surface area contributed by atoms with E-state index in [0.29, 0.717) is 18.1 Å². The number of carboxylic acids is 1. The van der Waals surface area contributed by atoms with Crippen LogP contribution in [0.25, 0.3) is 0 Å². The molecular formula is C12H17N3O3S. The molecule has 0 radical (unpaired) electrons. The van der Waals surface area contributed by atoms with Crippen LogP contribution in [0.15, 0.2) is 0 Å². The highest BCUT2D eigenvalue weighted by Crippen LogP contribution is 2.30. The van der Waals surface area contributed by atoms with Gasteiger partial charge in [-0.3, -0.25) is 10.1 Å². The van der Waals surface area contributed by atoms with Crippen molar-refractivity contribution < 1.29 is 14.7 Å². The van der Waals surface area contributed by atoms with Gasteiger partial charge >= 0.3 is 12.0 Å². The van der Waals surface area contributed by atoms with E-state index in [9.17, 15) is 9.59 Å². The summed E-state index contributed by atoms with van der Waals surface area (Å²) < 4.78 is 0. The standard InChI is InChI=1S/C12H17N3O3S/c1-7-8(2)19-10(13-7)14-11(18)15-5-4-12(3,6-15)9(16)17/h4-6H2,1-3H3,(H,16,17)(H,13,14,18). The van der Waals surface area contributed by atoms with Gasteiger partial charge in [-0.2, -0.15) is 0 Å². The molecule has 7 heteroatoms. The zero-order valence-electron chi connectivity index (χ0n) is 11.2. The highest BCUT2D eigenvalue weighted by Gasteiger charge is 2.42. The second kappa shape index (κ2) is 4.80. The van der Waals surface area contributed by atoms with Gasteiger partial charge in [0.2, 0.25) is 0 Å². The number of thiazole rings is 1. The van der Waals surface area contributed by atoms with Crippen molar-refractivity contribution in [3.05, 3.63) is 10.6 Å². The number of carbonyl (C=O) groups excluding carboxylic acids is 1. The molecule has 0 aliphatic carbocycles. The summed E-state index contributed by atoms with van der Waals surface area (Å²) in [7, 11) is 0. The Morgan fingerprint density at radius 3 is 2.63 bits per heavy atom. The molecular weight excluding hydrogens is 266 g/mol. The van der Waals surface area contributed by atoms with Crippen LogP contribution in [0.3, 0.4) is 0 Å². The molecule has 1 fully saturated rings. The number of likely N-dealkylation sites (tertiary alicyclic amines) is 1. The van der Waals surface area contributed by atoms with Crippen LogP contribution in [0.2, 0.25) is 0 Å². The van der Waals surface area contributed by atoms with Crippen LogP contribution < -0.4 is 5.32 Å². The van der Waals surface area contributed by atoms with E-state index in [1.165, 1.54) is 16.2 Å². The maximum absolute atomic E-state index is 12.0. The molecule has 1 aromatic rings. The summed E-state index contributed by atoms with van der Waals surface area (Å²) in [6.07, 6.45) is 0.478. The van der Waals surface area contributed by atoms with E-state index in [0.717, 1.165) is 10.6 Å². The number of aliphatic carboxylic acids is 1. The summed E-state index contributed by atoms with van der Waals surface area (Å²) in [6, 6.07) is -0.279. The maximum Gasteiger partial charge on any atom is 0.323 e. The minimum Gasteiger partial charge on any atom is -0.481 e. The third kappa shape index (κ3) is 2.70. The minimum atomic E-state index is -0.858. The second-order valence-electron chi connectivity index (χ2n) is 5.13. The van der Waals surface area contributed by atoms with E-state index in [-0.39, 0.29) is 12.6 Å². The summed E-state index contributed by atoms with van der Waals surface area (Å²) in [4.78, 5) is 30.0. The molecule has 2 heterocycles. The topological polar surface area (TPSA) is 82.5 Å². The molecule has 0 aromatic carbocycles. The van der Waals surface area contributed by atoms with Crippen LogP contribution in [0.1, 0.15) is 23.9 Å². The second-order valence-corrected chi connectivity index (χ2v) is 6.33. The lowest BCUT2D eigenvalue weighted by molar-refractivity contribution is -0.146. The molecule has 1 atom stereocenters. The Morgan fingerprint density at radius 2 is 2.16 bits per heavy atom.